The third kappa shape index (κ3) is 1.73. The van der Waals surface area contributed by atoms with E-state index in [9.17, 15) is 9.59 Å². The number of halogens is 1. The van der Waals surface area contributed by atoms with Gasteiger partial charge in [-0.15, -0.1) is 0 Å². The molecule has 1 aliphatic carbocycles. The van der Waals surface area contributed by atoms with Gasteiger partial charge in [0.05, 0.1) is 25.5 Å². The fraction of sp³-hybridized carbons (Fsp3) is 0.385. The van der Waals surface area contributed by atoms with E-state index in [0.717, 1.165) is 22.2 Å². The van der Waals surface area contributed by atoms with Crippen LogP contribution >= 0.6 is 15.9 Å². The quantitative estimate of drug-likeness (QED) is 0.802. The summed E-state index contributed by atoms with van der Waals surface area (Å²) in [6.45, 7) is 0.322. The predicted octanol–water partition coefficient (Wildman–Crippen LogP) is 1.96. The highest BCUT2D eigenvalue weighted by atomic mass is 79.9. The second kappa shape index (κ2) is 4.09. The number of fused-ring (bicyclic) bond motifs is 1. The Labute approximate surface area is 113 Å². The van der Waals surface area contributed by atoms with Crippen molar-refractivity contribution in [2.75, 3.05) is 7.11 Å². The average molecular weight is 310 g/mol. The Morgan fingerprint density at radius 3 is 2.61 bits per heavy atom. The molecule has 1 saturated heterocycles. The third-order valence-corrected chi connectivity index (χ3v) is 4.31. The molecule has 1 aromatic carbocycles. The van der Waals surface area contributed by atoms with E-state index in [1.807, 2.05) is 18.2 Å². The number of likely N-dealkylation sites (tertiary alicyclic amines) is 1. The molecule has 0 N–H and O–H groups in total. The molecule has 94 valence electrons. The number of benzene rings is 1. The Kier molecular flexibility index (Phi) is 2.66. The number of imide groups is 1. The van der Waals surface area contributed by atoms with Gasteiger partial charge >= 0.3 is 0 Å². The maximum absolute atomic E-state index is 11.9. The Balaban J connectivity index is 1.84. The van der Waals surface area contributed by atoms with Crippen LogP contribution in [0, 0.1) is 11.8 Å². The summed E-state index contributed by atoms with van der Waals surface area (Å²) in [4.78, 5) is 25.1. The molecule has 1 aliphatic heterocycles. The van der Waals surface area contributed by atoms with Gasteiger partial charge < -0.3 is 4.74 Å². The number of amides is 2. The summed E-state index contributed by atoms with van der Waals surface area (Å²) >= 11 is 3.43. The highest BCUT2D eigenvalue weighted by Crippen LogP contribution is 2.47. The van der Waals surface area contributed by atoms with Crippen LogP contribution in [0.3, 0.4) is 0 Å². The van der Waals surface area contributed by atoms with Crippen LogP contribution in [-0.2, 0) is 16.1 Å². The maximum atomic E-state index is 11.9. The Morgan fingerprint density at radius 2 is 2.00 bits per heavy atom. The summed E-state index contributed by atoms with van der Waals surface area (Å²) in [5.74, 6) is 0.584. The smallest absolute Gasteiger partial charge is 0.233 e. The zero-order valence-electron chi connectivity index (χ0n) is 9.85. The van der Waals surface area contributed by atoms with Gasteiger partial charge in [-0.3, -0.25) is 14.5 Å². The van der Waals surface area contributed by atoms with Crippen LogP contribution in [0.5, 0.6) is 5.75 Å². The van der Waals surface area contributed by atoms with Crippen molar-refractivity contribution in [3.05, 3.63) is 28.2 Å². The standard InChI is InChI=1S/C13H12BrNO3/c1-18-8-2-3-11(14)7(4-8)6-15-12(16)9-5-10(9)13(15)17/h2-4,9-10H,5-6H2,1H3. The van der Waals surface area contributed by atoms with E-state index in [1.165, 1.54) is 4.90 Å². The molecule has 4 nitrogen and oxygen atoms in total. The molecule has 5 heteroatoms. The van der Waals surface area contributed by atoms with Crippen LogP contribution < -0.4 is 4.74 Å². The van der Waals surface area contributed by atoms with Crippen molar-refractivity contribution in [1.29, 1.82) is 0 Å². The predicted molar refractivity (Wildman–Crippen MR) is 67.8 cm³/mol. The normalized spacial score (nSPS) is 25.3. The maximum Gasteiger partial charge on any atom is 0.233 e. The second-order valence-electron chi connectivity index (χ2n) is 4.67. The zero-order valence-corrected chi connectivity index (χ0v) is 11.4. The molecule has 0 radical (unpaired) electrons. The molecule has 1 heterocycles. The first-order chi connectivity index (χ1) is 8.61. The van der Waals surface area contributed by atoms with Gasteiger partial charge in [-0.1, -0.05) is 15.9 Å². The first-order valence-electron chi connectivity index (χ1n) is 5.79. The van der Waals surface area contributed by atoms with Gasteiger partial charge in [0, 0.05) is 4.47 Å². The lowest BCUT2D eigenvalue weighted by Crippen LogP contribution is -2.32. The van der Waals surface area contributed by atoms with Crippen molar-refractivity contribution < 1.29 is 14.3 Å². The van der Waals surface area contributed by atoms with Crippen LogP contribution in [0.4, 0.5) is 0 Å². The number of piperidine rings is 1. The molecule has 0 aromatic heterocycles. The van der Waals surface area contributed by atoms with E-state index in [-0.39, 0.29) is 23.7 Å². The molecule has 2 fully saturated rings. The monoisotopic (exact) mass is 309 g/mol. The van der Waals surface area contributed by atoms with E-state index in [2.05, 4.69) is 15.9 Å². The largest absolute Gasteiger partial charge is 0.497 e. The fourth-order valence-electron chi connectivity index (χ4n) is 2.38. The first-order valence-corrected chi connectivity index (χ1v) is 6.58. The minimum Gasteiger partial charge on any atom is -0.497 e. The molecular formula is C13H12BrNO3. The minimum atomic E-state index is -0.0399. The number of carbonyl (C=O) groups excluding carboxylic acids is 2. The number of hydrogen-bond donors (Lipinski definition) is 0. The number of nitrogens with zero attached hydrogens (tertiary/aromatic N) is 1. The molecule has 0 spiro atoms. The number of hydrogen-bond acceptors (Lipinski definition) is 3. The Hall–Kier alpha value is -1.36. The van der Waals surface area contributed by atoms with E-state index < -0.39 is 0 Å². The summed E-state index contributed by atoms with van der Waals surface area (Å²) in [5.41, 5.74) is 0.886. The molecule has 2 atom stereocenters. The molecule has 1 saturated carbocycles. The average Bonchev–Trinajstić information content (AvgIpc) is 3.12. The fourth-order valence-corrected chi connectivity index (χ4v) is 2.75. The first kappa shape index (κ1) is 11.7. The molecule has 2 amide bonds. The summed E-state index contributed by atoms with van der Waals surface area (Å²) in [6.07, 6.45) is 0.743. The lowest BCUT2D eigenvalue weighted by atomic mass is 10.2. The van der Waals surface area contributed by atoms with Gasteiger partial charge in [0.15, 0.2) is 0 Å². The SMILES string of the molecule is COc1ccc(Br)c(CN2C(=O)C3CC3C2=O)c1. The minimum absolute atomic E-state index is 0.0280. The second-order valence-corrected chi connectivity index (χ2v) is 5.52. The number of rotatable bonds is 3. The molecule has 0 bridgehead atoms. The van der Waals surface area contributed by atoms with Crippen molar-refractivity contribution in [3.8, 4) is 5.75 Å². The molecule has 2 aliphatic rings. The lowest BCUT2D eigenvalue weighted by molar-refractivity contribution is -0.142. The van der Waals surface area contributed by atoms with E-state index in [4.69, 9.17) is 4.74 Å². The molecular weight excluding hydrogens is 298 g/mol. The summed E-state index contributed by atoms with van der Waals surface area (Å²) in [7, 11) is 1.59. The van der Waals surface area contributed by atoms with Crippen LogP contribution in [0.2, 0.25) is 0 Å². The Morgan fingerprint density at radius 1 is 1.33 bits per heavy atom. The molecule has 3 rings (SSSR count). The highest BCUT2D eigenvalue weighted by Gasteiger charge is 2.58. The Bertz CT molecular complexity index is 523. The lowest BCUT2D eigenvalue weighted by Gasteiger charge is -2.17. The number of carbonyl (C=O) groups is 2. The topological polar surface area (TPSA) is 46.6 Å². The van der Waals surface area contributed by atoms with Crippen molar-refractivity contribution in [1.82, 2.24) is 4.90 Å². The van der Waals surface area contributed by atoms with Gasteiger partial charge in [-0.05, 0) is 30.2 Å². The summed E-state index contributed by atoms with van der Waals surface area (Å²) < 4.78 is 6.03. The van der Waals surface area contributed by atoms with Crippen molar-refractivity contribution in [2.45, 2.75) is 13.0 Å². The van der Waals surface area contributed by atoms with E-state index in [1.54, 1.807) is 7.11 Å². The molecule has 18 heavy (non-hydrogen) atoms. The van der Waals surface area contributed by atoms with Crippen molar-refractivity contribution in [2.24, 2.45) is 11.8 Å². The van der Waals surface area contributed by atoms with Crippen molar-refractivity contribution in [3.63, 3.8) is 0 Å². The third-order valence-electron chi connectivity index (χ3n) is 3.54. The molecule has 1 aromatic rings. The van der Waals surface area contributed by atoms with Gasteiger partial charge in [-0.25, -0.2) is 0 Å². The van der Waals surface area contributed by atoms with Gasteiger partial charge in [-0.2, -0.15) is 0 Å². The zero-order chi connectivity index (χ0) is 12.9. The van der Waals surface area contributed by atoms with Crippen LogP contribution in [0.1, 0.15) is 12.0 Å². The van der Waals surface area contributed by atoms with Crippen LogP contribution in [0.25, 0.3) is 0 Å². The highest BCUT2D eigenvalue weighted by molar-refractivity contribution is 9.10. The van der Waals surface area contributed by atoms with Crippen LogP contribution in [0.15, 0.2) is 22.7 Å². The van der Waals surface area contributed by atoms with Gasteiger partial charge in [0.1, 0.15) is 5.75 Å². The molecule has 2 unspecified atom stereocenters. The van der Waals surface area contributed by atoms with Gasteiger partial charge in [0.2, 0.25) is 11.8 Å². The van der Waals surface area contributed by atoms with Crippen LogP contribution in [-0.4, -0.2) is 23.8 Å². The van der Waals surface area contributed by atoms with Gasteiger partial charge in [0.25, 0.3) is 0 Å². The summed E-state index contributed by atoms with van der Waals surface area (Å²) in [6, 6.07) is 5.53. The number of ether oxygens (including phenoxy) is 1. The number of methoxy groups -OCH3 is 1. The van der Waals surface area contributed by atoms with E-state index >= 15 is 0 Å². The van der Waals surface area contributed by atoms with Crippen molar-refractivity contribution >= 4 is 27.7 Å². The van der Waals surface area contributed by atoms with E-state index in [0.29, 0.717) is 6.54 Å². The summed E-state index contributed by atoms with van der Waals surface area (Å²) in [5, 5.41) is 0.